The lowest BCUT2D eigenvalue weighted by Crippen LogP contribution is -2.30. The number of unbranched alkanes of at least 4 members (excludes halogenated alkanes) is 22. The molecule has 6 heteroatoms. The van der Waals surface area contributed by atoms with E-state index in [1.54, 1.807) is 0 Å². The van der Waals surface area contributed by atoms with Gasteiger partial charge >= 0.3 is 17.9 Å². The van der Waals surface area contributed by atoms with Crippen molar-refractivity contribution in [1.29, 1.82) is 0 Å². The molecule has 0 amide bonds. The van der Waals surface area contributed by atoms with Gasteiger partial charge in [0, 0.05) is 19.3 Å². The molecule has 0 aliphatic rings. The van der Waals surface area contributed by atoms with Crippen LogP contribution < -0.4 is 0 Å². The smallest absolute Gasteiger partial charge is 0.306 e. The highest BCUT2D eigenvalue weighted by molar-refractivity contribution is 5.71. The van der Waals surface area contributed by atoms with E-state index in [4.69, 9.17) is 14.2 Å². The van der Waals surface area contributed by atoms with Gasteiger partial charge in [0.05, 0.1) is 0 Å². The molecule has 0 aromatic rings. The SMILES string of the molecule is CC\C=C/C=C\C=C/C=C\C=C/CCCCCC(=O)OC(COC(=O)CCCCCCCC/C=C\C=C/CCCCC)COC(=O)CCCCCCCCC/C=C\C/C=C\CCCCC. The van der Waals surface area contributed by atoms with Crippen LogP contribution in [0.3, 0.4) is 0 Å². The third-order valence-electron chi connectivity index (χ3n) is 10.9. The fourth-order valence-electron chi connectivity index (χ4n) is 6.89. The van der Waals surface area contributed by atoms with Crippen molar-refractivity contribution in [2.75, 3.05) is 13.2 Å². The van der Waals surface area contributed by atoms with Crippen LogP contribution in [0.2, 0.25) is 0 Å². The molecule has 0 aromatic carbocycles. The van der Waals surface area contributed by atoms with Crippen LogP contribution in [0.1, 0.15) is 226 Å². The summed E-state index contributed by atoms with van der Waals surface area (Å²) in [5.41, 5.74) is 0. The number of hydrogen-bond donors (Lipinski definition) is 0. The maximum absolute atomic E-state index is 12.8. The van der Waals surface area contributed by atoms with E-state index in [9.17, 15) is 14.4 Å². The van der Waals surface area contributed by atoms with Gasteiger partial charge in [0.1, 0.15) is 13.2 Å². The van der Waals surface area contributed by atoms with E-state index in [2.05, 4.69) is 81.5 Å². The number of hydrogen-bond acceptors (Lipinski definition) is 6. The highest BCUT2D eigenvalue weighted by Crippen LogP contribution is 2.13. The second kappa shape index (κ2) is 52.7. The fraction of sp³-hybridized carbons (Fsp3) is 0.644. The minimum absolute atomic E-state index is 0.105. The average Bonchev–Trinajstić information content (AvgIpc) is 3.30. The molecule has 1 atom stereocenters. The van der Waals surface area contributed by atoms with Crippen molar-refractivity contribution in [3.63, 3.8) is 0 Å². The first-order valence-corrected chi connectivity index (χ1v) is 26.5. The normalized spacial score (nSPS) is 13.0. The molecule has 0 spiro atoms. The van der Waals surface area contributed by atoms with Gasteiger partial charge < -0.3 is 14.2 Å². The van der Waals surface area contributed by atoms with Crippen LogP contribution in [-0.4, -0.2) is 37.2 Å². The van der Waals surface area contributed by atoms with Gasteiger partial charge in [-0.25, -0.2) is 0 Å². The van der Waals surface area contributed by atoms with E-state index in [1.165, 1.54) is 89.9 Å². The predicted octanol–water partition coefficient (Wildman–Crippen LogP) is 17.5. The second-order valence-electron chi connectivity index (χ2n) is 17.2. The number of allylic oxidation sites excluding steroid dienone is 18. The lowest BCUT2D eigenvalue weighted by Gasteiger charge is -2.18. The molecule has 368 valence electrons. The van der Waals surface area contributed by atoms with E-state index in [0.717, 1.165) is 89.9 Å². The molecule has 0 fully saturated rings. The lowest BCUT2D eigenvalue weighted by atomic mass is 10.1. The summed E-state index contributed by atoms with van der Waals surface area (Å²) < 4.78 is 16.8. The van der Waals surface area contributed by atoms with Crippen LogP contribution in [0.15, 0.2) is 109 Å². The summed E-state index contributed by atoms with van der Waals surface area (Å²) >= 11 is 0. The summed E-state index contributed by atoms with van der Waals surface area (Å²) in [6.45, 7) is 6.38. The number of rotatable bonds is 46. The van der Waals surface area contributed by atoms with Crippen LogP contribution in [0.4, 0.5) is 0 Å². The van der Waals surface area contributed by atoms with Crippen molar-refractivity contribution < 1.29 is 28.6 Å². The first kappa shape index (κ1) is 61.1. The molecule has 0 aliphatic heterocycles. The molecule has 1 unspecified atom stereocenters. The Morgan fingerprint density at radius 3 is 1.09 bits per heavy atom. The number of carbonyl (C=O) groups is 3. The summed E-state index contributed by atoms with van der Waals surface area (Å²) in [6.07, 6.45) is 70.6. The lowest BCUT2D eigenvalue weighted by molar-refractivity contribution is -0.167. The van der Waals surface area contributed by atoms with Crippen LogP contribution in [0.5, 0.6) is 0 Å². The number of ether oxygens (including phenoxy) is 3. The molecule has 0 radical (unpaired) electrons. The zero-order chi connectivity index (χ0) is 47.2. The first-order chi connectivity index (χ1) is 32.0. The van der Waals surface area contributed by atoms with Crippen molar-refractivity contribution in [2.45, 2.75) is 232 Å². The Balaban J connectivity index is 4.51. The quantitative estimate of drug-likeness (QED) is 0.0199. The van der Waals surface area contributed by atoms with Crippen molar-refractivity contribution >= 4 is 17.9 Å². The fourth-order valence-corrected chi connectivity index (χ4v) is 6.89. The van der Waals surface area contributed by atoms with Crippen molar-refractivity contribution in [1.82, 2.24) is 0 Å². The van der Waals surface area contributed by atoms with Gasteiger partial charge in [-0.1, -0.05) is 220 Å². The molecule has 0 rings (SSSR count). The molecular formula is C59H96O6. The van der Waals surface area contributed by atoms with Gasteiger partial charge in [0.15, 0.2) is 6.10 Å². The third-order valence-corrected chi connectivity index (χ3v) is 10.9. The monoisotopic (exact) mass is 901 g/mol. The molecule has 0 saturated heterocycles. The molecule has 6 nitrogen and oxygen atoms in total. The molecule has 0 N–H and O–H groups in total. The Morgan fingerprint density at radius 1 is 0.338 bits per heavy atom. The molecular weight excluding hydrogens is 805 g/mol. The van der Waals surface area contributed by atoms with Crippen LogP contribution in [0, 0.1) is 0 Å². The summed E-state index contributed by atoms with van der Waals surface area (Å²) in [7, 11) is 0. The first-order valence-electron chi connectivity index (χ1n) is 26.5. The Kier molecular flexibility index (Phi) is 49.5. The second-order valence-corrected chi connectivity index (χ2v) is 17.2. The average molecular weight is 901 g/mol. The van der Waals surface area contributed by atoms with E-state index >= 15 is 0 Å². The van der Waals surface area contributed by atoms with Gasteiger partial charge in [0.25, 0.3) is 0 Å². The summed E-state index contributed by atoms with van der Waals surface area (Å²) in [5, 5.41) is 0. The summed E-state index contributed by atoms with van der Waals surface area (Å²) in [6, 6.07) is 0. The molecule has 0 heterocycles. The Labute approximate surface area is 400 Å². The zero-order valence-corrected chi connectivity index (χ0v) is 42.0. The van der Waals surface area contributed by atoms with Gasteiger partial charge in [-0.2, -0.15) is 0 Å². The van der Waals surface area contributed by atoms with Gasteiger partial charge in [-0.05, 0) is 96.3 Å². The predicted molar refractivity (Wildman–Crippen MR) is 279 cm³/mol. The largest absolute Gasteiger partial charge is 0.462 e. The van der Waals surface area contributed by atoms with E-state index in [-0.39, 0.29) is 37.5 Å². The van der Waals surface area contributed by atoms with E-state index < -0.39 is 6.10 Å². The molecule has 0 aliphatic carbocycles. The van der Waals surface area contributed by atoms with Gasteiger partial charge in [-0.15, -0.1) is 0 Å². The maximum atomic E-state index is 12.8. The standard InChI is InChI=1S/C59H96O6/c1-4-7-10-13-16-19-22-25-28-29-32-34-37-40-43-46-49-52-58(61)64-55-56(65-59(62)53-50-47-44-41-38-35-31-27-24-21-18-15-12-9-6-3)54-63-57(60)51-48-45-42-39-36-33-30-26-23-20-17-14-11-8-5-2/h9,12,15-21,23-28,31,35,38,56H,4-8,10-11,13-14,22,29-30,32-34,36-37,39-55H2,1-3H3/b12-9-,18-15-,19-16-,20-17-,24-21-,26-23-,28-25-,31-27-,38-35-. The Morgan fingerprint density at radius 2 is 0.662 bits per heavy atom. The number of carbonyl (C=O) groups excluding carboxylic acids is 3. The third kappa shape index (κ3) is 50.9. The minimum atomic E-state index is -0.810. The van der Waals surface area contributed by atoms with Gasteiger partial charge in [-0.3, -0.25) is 14.4 Å². The van der Waals surface area contributed by atoms with Crippen LogP contribution >= 0.6 is 0 Å². The topological polar surface area (TPSA) is 78.9 Å². The highest BCUT2D eigenvalue weighted by atomic mass is 16.6. The van der Waals surface area contributed by atoms with Crippen LogP contribution in [0.25, 0.3) is 0 Å². The Hall–Kier alpha value is -3.93. The highest BCUT2D eigenvalue weighted by Gasteiger charge is 2.19. The molecule has 0 aromatic heterocycles. The minimum Gasteiger partial charge on any atom is -0.462 e. The summed E-state index contributed by atoms with van der Waals surface area (Å²) in [5.74, 6) is -0.971. The van der Waals surface area contributed by atoms with Gasteiger partial charge in [0.2, 0.25) is 0 Å². The Bertz CT molecular complexity index is 1360. The van der Waals surface area contributed by atoms with Crippen molar-refractivity contribution in [2.24, 2.45) is 0 Å². The van der Waals surface area contributed by atoms with E-state index in [0.29, 0.717) is 19.3 Å². The zero-order valence-electron chi connectivity index (χ0n) is 42.0. The van der Waals surface area contributed by atoms with Crippen LogP contribution in [-0.2, 0) is 28.6 Å². The molecule has 65 heavy (non-hydrogen) atoms. The molecule has 0 bridgehead atoms. The number of esters is 3. The van der Waals surface area contributed by atoms with E-state index in [1.807, 2.05) is 48.6 Å². The van der Waals surface area contributed by atoms with Crippen molar-refractivity contribution in [3.05, 3.63) is 109 Å². The maximum Gasteiger partial charge on any atom is 0.306 e. The molecule has 0 saturated carbocycles. The van der Waals surface area contributed by atoms with Crippen molar-refractivity contribution in [3.8, 4) is 0 Å². The summed E-state index contributed by atoms with van der Waals surface area (Å²) in [4.78, 5) is 38.0.